The number of hydrogen-bond acceptors (Lipinski definition) is 9. The van der Waals surface area contributed by atoms with Gasteiger partial charge in [0.2, 0.25) is 11.8 Å². The van der Waals surface area contributed by atoms with Crippen molar-refractivity contribution in [1.29, 1.82) is 0 Å². The summed E-state index contributed by atoms with van der Waals surface area (Å²) in [6.45, 7) is 4.08. The number of oxazole rings is 1. The summed E-state index contributed by atoms with van der Waals surface area (Å²) in [6, 6.07) is 18.8. The van der Waals surface area contributed by atoms with Crippen LogP contribution in [0.5, 0.6) is 0 Å². The Hall–Kier alpha value is -4.70. The smallest absolute Gasteiger partial charge is 0.266 e. The van der Waals surface area contributed by atoms with Gasteiger partial charge < -0.3 is 19.5 Å². The number of amides is 1. The van der Waals surface area contributed by atoms with E-state index in [2.05, 4.69) is 25.1 Å². The van der Waals surface area contributed by atoms with E-state index < -0.39 is 5.54 Å². The molecule has 5 rings (SSSR count). The van der Waals surface area contributed by atoms with Crippen LogP contribution >= 0.6 is 0 Å². The van der Waals surface area contributed by atoms with Crippen molar-refractivity contribution in [2.24, 2.45) is 5.73 Å². The third kappa shape index (κ3) is 5.50. The van der Waals surface area contributed by atoms with Crippen LogP contribution in [-0.2, 0) is 18.5 Å². The first kappa shape index (κ1) is 25.0. The summed E-state index contributed by atoms with van der Waals surface area (Å²) in [5.74, 6) is 0.416. The lowest BCUT2D eigenvalue weighted by Gasteiger charge is -2.20. The predicted molar refractivity (Wildman–Crippen MR) is 139 cm³/mol. The highest BCUT2D eigenvalue weighted by Gasteiger charge is 2.29. The van der Waals surface area contributed by atoms with Crippen LogP contribution in [0, 0.1) is 6.92 Å². The molecule has 0 unspecified atom stereocenters. The summed E-state index contributed by atoms with van der Waals surface area (Å²) in [7, 11) is 1.71. The number of rotatable bonds is 8. The topological polar surface area (TPSA) is 137 Å². The summed E-state index contributed by atoms with van der Waals surface area (Å²) in [4.78, 5) is 28.3. The van der Waals surface area contributed by atoms with Gasteiger partial charge in [0.1, 0.15) is 17.7 Å². The number of aromatic nitrogens is 5. The van der Waals surface area contributed by atoms with Crippen LogP contribution in [0.3, 0.4) is 0 Å². The molecule has 1 atom stereocenters. The first-order chi connectivity index (χ1) is 18.3. The van der Waals surface area contributed by atoms with E-state index in [0.29, 0.717) is 29.9 Å². The largest absolute Gasteiger partial charge is 0.443 e. The third-order valence-corrected chi connectivity index (χ3v) is 5.96. The summed E-state index contributed by atoms with van der Waals surface area (Å²) in [5, 5.41) is 8.40. The van der Waals surface area contributed by atoms with Crippen molar-refractivity contribution in [2.75, 3.05) is 7.05 Å². The Bertz CT molecular complexity index is 1550. The fraction of sp³-hybridized carbons (Fsp3) is 0.214. The minimum absolute atomic E-state index is 0.134. The van der Waals surface area contributed by atoms with E-state index >= 15 is 0 Å². The van der Waals surface area contributed by atoms with E-state index in [1.165, 1.54) is 12.5 Å². The van der Waals surface area contributed by atoms with Gasteiger partial charge in [-0.05, 0) is 50.1 Å². The summed E-state index contributed by atoms with van der Waals surface area (Å²) >= 11 is 0. The highest BCUT2D eigenvalue weighted by molar-refractivity contribution is 5.95. The number of carbonyl (C=O) groups excluding carboxylic acids is 1. The lowest BCUT2D eigenvalue weighted by molar-refractivity contribution is 0.0783. The Morgan fingerprint density at radius 2 is 1.76 bits per heavy atom. The van der Waals surface area contributed by atoms with Gasteiger partial charge in [-0.3, -0.25) is 9.78 Å². The number of carbonyl (C=O) groups is 1. The van der Waals surface area contributed by atoms with Crippen LogP contribution in [-0.4, -0.2) is 43.0 Å². The standard InChI is InChI=1S/C28H27N7O3/c1-18-8-7-11-21(31-18)17-35(3)26(36)20-14-22(24-30-12-13-37-24)32-23(15-20)25-33-34-27(38-25)28(2,29)16-19-9-5-4-6-10-19/h4-15H,16-17,29H2,1-3H3/t28-/m1/s1. The van der Waals surface area contributed by atoms with Crippen LogP contribution in [0.15, 0.2) is 82.0 Å². The maximum atomic E-state index is 13.4. The van der Waals surface area contributed by atoms with Gasteiger partial charge in [-0.2, -0.15) is 0 Å². The number of benzene rings is 1. The van der Waals surface area contributed by atoms with Crippen molar-refractivity contribution in [3.05, 3.63) is 102 Å². The quantitative estimate of drug-likeness (QED) is 0.326. The highest BCUT2D eigenvalue weighted by atomic mass is 16.4. The van der Waals surface area contributed by atoms with Gasteiger partial charge in [-0.25, -0.2) is 9.97 Å². The van der Waals surface area contributed by atoms with Gasteiger partial charge in [0.25, 0.3) is 11.8 Å². The molecule has 0 saturated heterocycles. The van der Waals surface area contributed by atoms with E-state index in [0.717, 1.165) is 17.0 Å². The van der Waals surface area contributed by atoms with Gasteiger partial charge in [-0.15, -0.1) is 10.2 Å². The number of aryl methyl sites for hydroxylation is 1. The minimum atomic E-state index is -0.910. The fourth-order valence-electron chi connectivity index (χ4n) is 4.10. The molecule has 10 heteroatoms. The second-order valence-corrected chi connectivity index (χ2v) is 9.39. The van der Waals surface area contributed by atoms with Gasteiger partial charge >= 0.3 is 0 Å². The molecule has 2 N–H and O–H groups in total. The zero-order valence-corrected chi connectivity index (χ0v) is 21.3. The molecule has 0 saturated carbocycles. The molecule has 0 spiro atoms. The third-order valence-electron chi connectivity index (χ3n) is 5.96. The first-order valence-corrected chi connectivity index (χ1v) is 12.1. The average Bonchev–Trinajstić information content (AvgIpc) is 3.62. The Labute approximate surface area is 219 Å². The molecule has 0 aliphatic rings. The minimum Gasteiger partial charge on any atom is -0.443 e. The average molecular weight is 510 g/mol. The number of pyridine rings is 2. The van der Waals surface area contributed by atoms with Crippen LogP contribution in [0.25, 0.3) is 23.2 Å². The SMILES string of the molecule is Cc1cccc(CN(C)C(=O)c2cc(-c3ncco3)nc(-c3nnc([C@](C)(N)Cc4ccccc4)o3)c2)n1. The molecular weight excluding hydrogens is 482 g/mol. The number of hydrogen-bond donors (Lipinski definition) is 1. The molecule has 0 aliphatic carbocycles. The Balaban J connectivity index is 1.46. The molecule has 4 aromatic heterocycles. The van der Waals surface area contributed by atoms with E-state index in [1.54, 1.807) is 24.1 Å². The molecule has 38 heavy (non-hydrogen) atoms. The molecule has 192 valence electrons. The monoisotopic (exact) mass is 509 g/mol. The van der Waals surface area contributed by atoms with Crippen LogP contribution in [0.4, 0.5) is 0 Å². The van der Waals surface area contributed by atoms with Gasteiger partial charge in [-0.1, -0.05) is 36.4 Å². The molecule has 4 heterocycles. The lowest BCUT2D eigenvalue weighted by Crippen LogP contribution is -2.35. The van der Waals surface area contributed by atoms with E-state index in [4.69, 9.17) is 14.6 Å². The maximum Gasteiger partial charge on any atom is 0.266 e. The second-order valence-electron chi connectivity index (χ2n) is 9.39. The van der Waals surface area contributed by atoms with Crippen LogP contribution in [0.2, 0.25) is 0 Å². The molecule has 10 nitrogen and oxygen atoms in total. The van der Waals surface area contributed by atoms with Gasteiger partial charge in [0.05, 0.1) is 24.0 Å². The Morgan fingerprint density at radius 1 is 1.00 bits per heavy atom. The second kappa shape index (κ2) is 10.3. The van der Waals surface area contributed by atoms with E-state index in [1.807, 2.05) is 62.4 Å². The summed E-state index contributed by atoms with van der Waals surface area (Å²) in [6.07, 6.45) is 3.45. The van der Waals surface area contributed by atoms with Crippen molar-refractivity contribution in [3.8, 4) is 23.2 Å². The van der Waals surface area contributed by atoms with Crippen molar-refractivity contribution >= 4 is 5.91 Å². The summed E-state index contributed by atoms with van der Waals surface area (Å²) < 4.78 is 11.4. The predicted octanol–water partition coefficient (Wildman–Crippen LogP) is 4.18. The number of nitrogens with zero attached hydrogens (tertiary/aromatic N) is 6. The molecule has 0 fully saturated rings. The van der Waals surface area contributed by atoms with Crippen LogP contribution < -0.4 is 5.73 Å². The molecule has 0 bridgehead atoms. The zero-order valence-electron chi connectivity index (χ0n) is 21.3. The molecule has 0 radical (unpaired) electrons. The molecule has 1 aromatic carbocycles. The van der Waals surface area contributed by atoms with Crippen molar-refractivity contribution in [3.63, 3.8) is 0 Å². The Kier molecular flexibility index (Phi) is 6.80. The molecule has 1 amide bonds. The molecule has 5 aromatic rings. The fourth-order valence-corrected chi connectivity index (χ4v) is 4.10. The highest BCUT2D eigenvalue weighted by Crippen LogP contribution is 2.28. The maximum absolute atomic E-state index is 13.4. The van der Waals surface area contributed by atoms with Crippen molar-refractivity contribution in [1.82, 2.24) is 30.0 Å². The van der Waals surface area contributed by atoms with Gasteiger partial charge in [0.15, 0.2) is 0 Å². The lowest BCUT2D eigenvalue weighted by atomic mass is 9.94. The van der Waals surface area contributed by atoms with E-state index in [9.17, 15) is 4.79 Å². The summed E-state index contributed by atoms with van der Waals surface area (Å²) in [5.41, 5.74) is 9.38. The van der Waals surface area contributed by atoms with Crippen molar-refractivity contribution in [2.45, 2.75) is 32.4 Å². The Morgan fingerprint density at radius 3 is 2.47 bits per heavy atom. The number of nitrogens with two attached hydrogens (primary N) is 1. The van der Waals surface area contributed by atoms with Crippen molar-refractivity contribution < 1.29 is 13.6 Å². The zero-order chi connectivity index (χ0) is 26.7. The molecular formula is C28H27N7O3. The van der Waals surface area contributed by atoms with E-state index in [-0.39, 0.29) is 23.6 Å². The first-order valence-electron chi connectivity index (χ1n) is 12.1. The molecule has 0 aliphatic heterocycles. The van der Waals surface area contributed by atoms with Crippen LogP contribution in [0.1, 0.15) is 40.1 Å². The van der Waals surface area contributed by atoms with Gasteiger partial charge in [0, 0.05) is 18.3 Å². The normalized spacial score (nSPS) is 12.7.